The van der Waals surface area contributed by atoms with E-state index in [-0.39, 0.29) is 17.5 Å². The van der Waals surface area contributed by atoms with Crippen molar-refractivity contribution in [2.45, 2.75) is 63.2 Å². The van der Waals surface area contributed by atoms with Crippen molar-refractivity contribution in [3.63, 3.8) is 0 Å². The molecule has 0 bridgehead atoms. The quantitative estimate of drug-likeness (QED) is 0.0841. The third kappa shape index (κ3) is 9.76. The summed E-state index contributed by atoms with van der Waals surface area (Å²) in [4.78, 5) is 7.64. The fourth-order valence-corrected chi connectivity index (χ4v) is 15.0. The number of hydrogen-bond donors (Lipinski definition) is 0. The molecule has 0 atom stereocenters. The van der Waals surface area contributed by atoms with Crippen LogP contribution < -0.4 is 31.1 Å². The van der Waals surface area contributed by atoms with E-state index in [9.17, 15) is 0 Å². The fourth-order valence-electron chi connectivity index (χ4n) is 15.0. The maximum Gasteiger partial charge on any atom is 0.252 e. The third-order valence-corrected chi connectivity index (χ3v) is 19.4. The number of benzene rings is 13. The second-order valence-corrected chi connectivity index (χ2v) is 26.8. The summed E-state index contributed by atoms with van der Waals surface area (Å²) in [6.45, 7) is 13.9. The van der Waals surface area contributed by atoms with Crippen LogP contribution in [0.3, 0.4) is 0 Å². The van der Waals surface area contributed by atoms with Crippen molar-refractivity contribution in [1.82, 2.24) is 0 Å². The van der Waals surface area contributed by atoms with Crippen LogP contribution in [-0.2, 0) is 21.7 Å². The summed E-state index contributed by atoms with van der Waals surface area (Å²) < 4.78 is 0. The zero-order valence-electron chi connectivity index (χ0n) is 53.3. The highest BCUT2D eigenvalue weighted by molar-refractivity contribution is 7.00. The summed E-state index contributed by atoms with van der Waals surface area (Å²) in [5.41, 5.74) is 24.5. The smallest absolute Gasteiger partial charge is 0.252 e. The van der Waals surface area contributed by atoms with Gasteiger partial charge in [0.05, 0.1) is 16.5 Å². The minimum Gasteiger partial charge on any atom is -0.311 e. The Bertz CT molecular complexity index is 4230. The highest BCUT2D eigenvalue weighted by Gasteiger charge is 2.46. The molecule has 4 heteroatoms. The Labute approximate surface area is 544 Å². The van der Waals surface area contributed by atoms with Crippen LogP contribution in [0, 0.1) is 0 Å². The number of nitrogens with zero attached hydrogens (tertiary/aromatic N) is 3. The Morgan fingerprint density at radius 2 is 0.489 bits per heavy atom. The van der Waals surface area contributed by atoms with E-state index in [1.807, 2.05) is 0 Å². The largest absolute Gasteiger partial charge is 0.311 e. The fraction of sp³-hybridized carbons (Fsp3) is 0.114. The molecule has 0 amide bonds. The second-order valence-electron chi connectivity index (χ2n) is 26.8. The molecule has 92 heavy (non-hydrogen) atoms. The molecule has 2 aliphatic rings. The van der Waals surface area contributed by atoms with Gasteiger partial charge >= 0.3 is 0 Å². The van der Waals surface area contributed by atoms with Crippen LogP contribution in [0.25, 0.3) is 0 Å². The minimum atomic E-state index is -0.619. The molecule has 0 saturated carbocycles. The van der Waals surface area contributed by atoms with Crippen LogP contribution in [0.5, 0.6) is 0 Å². The normalized spacial score (nSPS) is 12.8. The molecule has 15 rings (SSSR count). The van der Waals surface area contributed by atoms with E-state index in [0.29, 0.717) is 0 Å². The van der Waals surface area contributed by atoms with Gasteiger partial charge < -0.3 is 14.7 Å². The van der Waals surface area contributed by atoms with Gasteiger partial charge in [-0.25, -0.2) is 0 Å². The first-order chi connectivity index (χ1) is 44.9. The van der Waals surface area contributed by atoms with Crippen LogP contribution in [0.4, 0.5) is 51.2 Å². The van der Waals surface area contributed by atoms with Crippen molar-refractivity contribution in [3.05, 3.63) is 395 Å². The van der Waals surface area contributed by atoms with Crippen LogP contribution in [0.15, 0.2) is 340 Å². The molecule has 3 nitrogen and oxygen atoms in total. The van der Waals surface area contributed by atoms with Crippen molar-refractivity contribution in [3.8, 4) is 0 Å². The van der Waals surface area contributed by atoms with Gasteiger partial charge in [0, 0.05) is 45.5 Å². The summed E-state index contributed by atoms with van der Waals surface area (Å²) in [6, 6.07) is 127. The van der Waals surface area contributed by atoms with Crippen LogP contribution in [0.1, 0.15) is 97.2 Å². The van der Waals surface area contributed by atoms with Crippen molar-refractivity contribution in [1.29, 1.82) is 0 Å². The molecule has 0 fully saturated rings. The van der Waals surface area contributed by atoms with E-state index in [0.717, 1.165) is 39.8 Å². The highest BCUT2D eigenvalue weighted by atomic mass is 15.2. The van der Waals surface area contributed by atoms with E-state index in [2.05, 4.69) is 396 Å². The molecule has 444 valence electrons. The molecule has 0 saturated heterocycles. The number of anilines is 9. The Kier molecular flexibility index (Phi) is 14.6. The first kappa shape index (κ1) is 57.7. The Morgan fingerprint density at radius 1 is 0.239 bits per heavy atom. The van der Waals surface area contributed by atoms with E-state index in [4.69, 9.17) is 0 Å². The highest BCUT2D eigenvalue weighted by Crippen LogP contribution is 2.52. The van der Waals surface area contributed by atoms with E-state index < -0.39 is 10.8 Å². The Balaban J connectivity index is 1.02. The molecule has 0 radical (unpaired) electrons. The van der Waals surface area contributed by atoms with Gasteiger partial charge in [-0.15, -0.1) is 0 Å². The molecule has 2 heterocycles. The van der Waals surface area contributed by atoms with Crippen molar-refractivity contribution in [2.75, 3.05) is 14.7 Å². The van der Waals surface area contributed by atoms with Crippen LogP contribution in [0.2, 0.25) is 0 Å². The maximum absolute atomic E-state index is 2.60. The molecular weight excluding hydrogens is 1110 g/mol. The summed E-state index contributed by atoms with van der Waals surface area (Å²) in [6.07, 6.45) is 0. The maximum atomic E-state index is 2.60. The molecule has 13 aromatic rings. The standard InChI is InChI=1S/C88H74BN3/c1-85(2,3)71-51-57-78-80(59-71)91(75-53-47-69(48-54-75)87(63-31-15-7-16-32-63,64-33-17-8-18-34-64)65-35-19-9-20-36-65)82-61-77(90(73-43-27-13-28-44-73)74-45-29-14-30-46-74)62-83-84(82)89(78)79-58-52-72(86(4,5)6)60-81(79)92(83)76-55-49-70(50-56-76)88(66-37-21-10-22-38-66,67-39-23-11-24-40-67)68-41-25-12-26-42-68/h7-62H,1-6H3. The van der Waals surface area contributed by atoms with Gasteiger partial charge in [-0.2, -0.15) is 0 Å². The first-order valence-corrected chi connectivity index (χ1v) is 32.4. The number of rotatable bonds is 13. The average molecular weight is 1180 g/mol. The topological polar surface area (TPSA) is 9.72 Å². The van der Waals surface area contributed by atoms with E-state index in [1.165, 1.54) is 83.4 Å². The third-order valence-electron chi connectivity index (χ3n) is 19.4. The van der Waals surface area contributed by atoms with E-state index in [1.54, 1.807) is 0 Å². The summed E-state index contributed by atoms with van der Waals surface area (Å²) >= 11 is 0. The van der Waals surface area contributed by atoms with Crippen LogP contribution in [-0.4, -0.2) is 6.71 Å². The SMILES string of the molecule is CC(C)(C)c1ccc2c(c1)N(c1ccc(C(c3ccccc3)(c3ccccc3)c3ccccc3)cc1)c1cc(N(c3ccccc3)c3ccccc3)cc3c1B2c1ccc(C(C)(C)C)cc1N3c1ccc(C(c2ccccc2)(c2ccccc2)c2ccccc2)cc1. The lowest BCUT2D eigenvalue weighted by Gasteiger charge is -2.46. The van der Waals surface area contributed by atoms with Gasteiger partial charge in [0.2, 0.25) is 0 Å². The molecule has 0 N–H and O–H groups in total. The first-order valence-electron chi connectivity index (χ1n) is 32.4. The van der Waals surface area contributed by atoms with Crippen LogP contribution >= 0.6 is 0 Å². The molecule has 0 aliphatic carbocycles. The number of hydrogen-bond acceptors (Lipinski definition) is 3. The van der Waals surface area contributed by atoms with Crippen molar-refractivity contribution in [2.24, 2.45) is 0 Å². The molecule has 13 aromatic carbocycles. The zero-order chi connectivity index (χ0) is 62.6. The number of fused-ring (bicyclic) bond motifs is 4. The predicted molar refractivity (Wildman–Crippen MR) is 389 cm³/mol. The van der Waals surface area contributed by atoms with Crippen molar-refractivity contribution >= 4 is 74.3 Å². The molecule has 0 aromatic heterocycles. The summed E-state index contributed by atoms with van der Waals surface area (Å²) in [5, 5.41) is 0. The average Bonchev–Trinajstić information content (AvgIpc) is 0.698. The van der Waals surface area contributed by atoms with Crippen molar-refractivity contribution < 1.29 is 0 Å². The second kappa shape index (κ2) is 23.3. The molecule has 0 unspecified atom stereocenters. The summed E-state index contributed by atoms with van der Waals surface area (Å²) in [5.74, 6) is 0. The number of para-hydroxylation sites is 2. The minimum absolute atomic E-state index is 0.112. The lowest BCUT2D eigenvalue weighted by atomic mass is 9.33. The lowest BCUT2D eigenvalue weighted by Crippen LogP contribution is -2.61. The molecular formula is C88H74BN3. The zero-order valence-corrected chi connectivity index (χ0v) is 53.3. The Morgan fingerprint density at radius 3 is 0.761 bits per heavy atom. The lowest BCUT2D eigenvalue weighted by molar-refractivity contribution is 0.590. The van der Waals surface area contributed by atoms with E-state index >= 15 is 0 Å². The van der Waals surface area contributed by atoms with Gasteiger partial charge in [0.15, 0.2) is 0 Å². The van der Waals surface area contributed by atoms with Gasteiger partial charge in [-0.05, 0) is 156 Å². The van der Waals surface area contributed by atoms with Gasteiger partial charge in [0.25, 0.3) is 6.71 Å². The predicted octanol–water partition coefficient (Wildman–Crippen LogP) is 20.6. The monoisotopic (exact) mass is 1180 g/mol. The Hall–Kier alpha value is -10.7. The van der Waals surface area contributed by atoms with Gasteiger partial charge in [0.1, 0.15) is 0 Å². The van der Waals surface area contributed by atoms with Gasteiger partial charge in [-0.1, -0.05) is 308 Å². The molecule has 2 aliphatic heterocycles. The molecule has 0 spiro atoms. The summed E-state index contributed by atoms with van der Waals surface area (Å²) in [7, 11) is 0. The van der Waals surface area contributed by atoms with Gasteiger partial charge in [-0.3, -0.25) is 0 Å².